The van der Waals surface area contributed by atoms with Crippen LogP contribution in [-0.2, 0) is 6.54 Å². The summed E-state index contributed by atoms with van der Waals surface area (Å²) in [6.45, 7) is 1.79. The number of hydrogen-bond donors (Lipinski definition) is 1. The third-order valence-corrected chi connectivity index (χ3v) is 4.33. The van der Waals surface area contributed by atoms with Crippen molar-refractivity contribution in [2.45, 2.75) is 31.8 Å². The van der Waals surface area contributed by atoms with Gasteiger partial charge in [-0.15, -0.1) is 11.3 Å². The molecule has 4 heteroatoms. The van der Waals surface area contributed by atoms with E-state index < -0.39 is 0 Å². The molecule has 14 heavy (non-hydrogen) atoms. The van der Waals surface area contributed by atoms with Crippen LogP contribution in [-0.4, -0.2) is 17.6 Å². The van der Waals surface area contributed by atoms with E-state index in [0.717, 1.165) is 17.7 Å². The maximum absolute atomic E-state index is 5.56. The Bertz CT molecular complexity index is 336. The summed E-state index contributed by atoms with van der Waals surface area (Å²) in [5.74, 6) is 0.935. The highest BCUT2D eigenvalue weighted by molar-refractivity contribution is 7.13. The van der Waals surface area contributed by atoms with Crippen LogP contribution in [0.15, 0.2) is 5.38 Å². The summed E-state index contributed by atoms with van der Waals surface area (Å²) in [4.78, 5) is 7.03. The molecule has 0 radical (unpaired) electrons. The van der Waals surface area contributed by atoms with Crippen molar-refractivity contribution in [3.63, 3.8) is 0 Å². The first kappa shape index (κ1) is 8.68. The van der Waals surface area contributed by atoms with Gasteiger partial charge in [0.2, 0.25) is 0 Å². The van der Waals surface area contributed by atoms with Crippen molar-refractivity contribution < 1.29 is 0 Å². The van der Waals surface area contributed by atoms with Crippen molar-refractivity contribution in [2.24, 2.45) is 11.7 Å². The lowest BCUT2D eigenvalue weighted by molar-refractivity contribution is 0.552. The van der Waals surface area contributed by atoms with Gasteiger partial charge in [-0.3, -0.25) is 0 Å². The third-order valence-electron chi connectivity index (χ3n) is 3.40. The zero-order valence-corrected chi connectivity index (χ0v) is 8.96. The van der Waals surface area contributed by atoms with Crippen LogP contribution in [0, 0.1) is 5.92 Å². The number of anilines is 1. The molecule has 1 aromatic rings. The predicted molar refractivity (Wildman–Crippen MR) is 58.5 cm³/mol. The first-order chi connectivity index (χ1) is 6.86. The van der Waals surface area contributed by atoms with Crippen LogP contribution >= 0.6 is 11.3 Å². The fourth-order valence-electron chi connectivity index (χ4n) is 2.68. The molecule has 2 bridgehead atoms. The fraction of sp³-hybridized carbons (Fsp3) is 0.700. The number of nitrogens with two attached hydrogens (primary N) is 1. The average molecular weight is 209 g/mol. The summed E-state index contributed by atoms with van der Waals surface area (Å²) >= 11 is 1.75. The van der Waals surface area contributed by atoms with E-state index >= 15 is 0 Å². The van der Waals surface area contributed by atoms with E-state index in [0.29, 0.717) is 6.54 Å². The first-order valence-corrected chi connectivity index (χ1v) is 6.16. The van der Waals surface area contributed by atoms with E-state index in [1.807, 2.05) is 0 Å². The molecule has 0 spiro atoms. The van der Waals surface area contributed by atoms with Gasteiger partial charge in [-0.1, -0.05) is 0 Å². The molecule has 1 saturated carbocycles. The molecule has 0 aromatic carbocycles. The van der Waals surface area contributed by atoms with Gasteiger partial charge in [0.1, 0.15) is 0 Å². The first-order valence-electron chi connectivity index (χ1n) is 5.28. The minimum atomic E-state index is 0.568. The smallest absolute Gasteiger partial charge is 0.185 e. The quantitative estimate of drug-likeness (QED) is 0.804. The van der Waals surface area contributed by atoms with Gasteiger partial charge in [-0.2, -0.15) is 0 Å². The van der Waals surface area contributed by atoms with Crippen molar-refractivity contribution in [3.8, 4) is 0 Å². The molecule has 3 rings (SSSR count). The summed E-state index contributed by atoms with van der Waals surface area (Å²) in [7, 11) is 0. The molecule has 1 aliphatic carbocycles. The lowest BCUT2D eigenvalue weighted by Crippen LogP contribution is -2.31. The van der Waals surface area contributed by atoms with Gasteiger partial charge in [0.25, 0.3) is 0 Å². The van der Waals surface area contributed by atoms with Crippen LogP contribution in [0.25, 0.3) is 0 Å². The van der Waals surface area contributed by atoms with Crippen LogP contribution in [0.4, 0.5) is 5.13 Å². The highest BCUT2D eigenvalue weighted by Gasteiger charge is 2.38. The molecule has 2 fully saturated rings. The van der Waals surface area contributed by atoms with Crippen LogP contribution in [0.3, 0.4) is 0 Å². The van der Waals surface area contributed by atoms with E-state index in [1.165, 1.54) is 30.9 Å². The Morgan fingerprint density at radius 3 is 3.07 bits per heavy atom. The van der Waals surface area contributed by atoms with Crippen LogP contribution in [0.2, 0.25) is 0 Å². The molecule has 2 heterocycles. The van der Waals surface area contributed by atoms with Gasteiger partial charge < -0.3 is 10.6 Å². The number of piperidine rings is 1. The number of nitrogens with zero attached hydrogens (tertiary/aromatic N) is 2. The molecule has 1 aliphatic heterocycles. The monoisotopic (exact) mass is 209 g/mol. The highest BCUT2D eigenvalue weighted by atomic mass is 32.1. The number of thiazole rings is 1. The van der Waals surface area contributed by atoms with Crippen LogP contribution in [0.1, 0.15) is 25.0 Å². The molecule has 2 unspecified atom stereocenters. The van der Waals surface area contributed by atoms with Gasteiger partial charge in [0.05, 0.1) is 5.69 Å². The Hall–Kier alpha value is -0.610. The van der Waals surface area contributed by atoms with E-state index in [-0.39, 0.29) is 0 Å². The SMILES string of the molecule is NCc1csc(N2CC3CCC2C3)n1. The Morgan fingerprint density at radius 1 is 1.57 bits per heavy atom. The number of fused-ring (bicyclic) bond motifs is 2. The molecule has 76 valence electrons. The van der Waals surface area contributed by atoms with Crippen molar-refractivity contribution >= 4 is 16.5 Å². The largest absolute Gasteiger partial charge is 0.345 e. The summed E-state index contributed by atoms with van der Waals surface area (Å²) in [5, 5.41) is 3.28. The highest BCUT2D eigenvalue weighted by Crippen LogP contribution is 2.40. The molecular weight excluding hydrogens is 194 g/mol. The fourth-order valence-corrected chi connectivity index (χ4v) is 3.60. The Morgan fingerprint density at radius 2 is 2.50 bits per heavy atom. The van der Waals surface area contributed by atoms with E-state index in [4.69, 9.17) is 5.73 Å². The van der Waals surface area contributed by atoms with Crippen molar-refractivity contribution in [3.05, 3.63) is 11.1 Å². The number of aromatic nitrogens is 1. The molecule has 3 nitrogen and oxygen atoms in total. The van der Waals surface area contributed by atoms with Crippen molar-refractivity contribution in [1.29, 1.82) is 0 Å². The minimum Gasteiger partial charge on any atom is -0.345 e. The summed E-state index contributed by atoms with van der Waals surface area (Å²) < 4.78 is 0. The molecule has 2 aliphatic rings. The lowest BCUT2D eigenvalue weighted by Gasteiger charge is -2.26. The van der Waals surface area contributed by atoms with Gasteiger partial charge in [0.15, 0.2) is 5.13 Å². The second-order valence-corrected chi connectivity index (χ2v) is 5.15. The minimum absolute atomic E-state index is 0.568. The van der Waals surface area contributed by atoms with Gasteiger partial charge >= 0.3 is 0 Å². The van der Waals surface area contributed by atoms with Gasteiger partial charge in [-0.25, -0.2) is 4.98 Å². The average Bonchev–Trinajstić information content (AvgIpc) is 2.93. The number of hydrogen-bond acceptors (Lipinski definition) is 4. The molecule has 1 saturated heterocycles. The van der Waals surface area contributed by atoms with Crippen molar-refractivity contribution in [2.75, 3.05) is 11.4 Å². The zero-order chi connectivity index (χ0) is 9.54. The molecular formula is C10H15N3S. The summed E-state index contributed by atoms with van der Waals surface area (Å²) in [6, 6.07) is 0.775. The molecule has 0 amide bonds. The predicted octanol–water partition coefficient (Wildman–Crippen LogP) is 1.59. The molecule has 2 N–H and O–H groups in total. The number of rotatable bonds is 2. The van der Waals surface area contributed by atoms with Gasteiger partial charge in [0, 0.05) is 24.5 Å². The topological polar surface area (TPSA) is 42.1 Å². The second kappa shape index (κ2) is 3.21. The van der Waals surface area contributed by atoms with E-state index in [2.05, 4.69) is 15.3 Å². The van der Waals surface area contributed by atoms with E-state index in [9.17, 15) is 0 Å². The van der Waals surface area contributed by atoms with Gasteiger partial charge in [-0.05, 0) is 25.2 Å². The van der Waals surface area contributed by atoms with Crippen LogP contribution < -0.4 is 10.6 Å². The molecule has 1 aromatic heterocycles. The Balaban J connectivity index is 1.82. The summed E-state index contributed by atoms with van der Waals surface area (Å²) in [6.07, 6.45) is 4.18. The maximum atomic E-state index is 5.56. The lowest BCUT2D eigenvalue weighted by atomic mass is 10.1. The third kappa shape index (κ3) is 1.25. The standard InChI is InChI=1S/C10H15N3S/c11-4-8-6-14-10(12-8)13-5-7-1-2-9(13)3-7/h6-7,9H,1-5,11H2. The van der Waals surface area contributed by atoms with Crippen LogP contribution in [0.5, 0.6) is 0 Å². The summed E-state index contributed by atoms with van der Waals surface area (Å²) in [5.41, 5.74) is 6.60. The van der Waals surface area contributed by atoms with E-state index in [1.54, 1.807) is 11.3 Å². The normalized spacial score (nSPS) is 30.2. The molecule has 2 atom stereocenters. The second-order valence-electron chi connectivity index (χ2n) is 4.31. The Kier molecular flexibility index (Phi) is 1.99. The zero-order valence-electron chi connectivity index (χ0n) is 8.15. The van der Waals surface area contributed by atoms with Crippen molar-refractivity contribution in [1.82, 2.24) is 4.98 Å². The maximum Gasteiger partial charge on any atom is 0.185 e. The Labute approximate surface area is 87.9 Å².